The van der Waals surface area contributed by atoms with Crippen LogP contribution in [0.3, 0.4) is 0 Å². The van der Waals surface area contributed by atoms with Gasteiger partial charge in [0.05, 0.1) is 6.61 Å². The van der Waals surface area contributed by atoms with E-state index in [2.05, 4.69) is 4.74 Å². The minimum Gasteiger partial charge on any atom is -0.399 e. The van der Waals surface area contributed by atoms with Crippen molar-refractivity contribution in [2.75, 3.05) is 30.3 Å². The molecule has 6 heteroatoms. The Morgan fingerprint density at radius 2 is 1.82 bits per heavy atom. The minimum atomic E-state index is -4.57. The first kappa shape index (κ1) is 13.6. The van der Waals surface area contributed by atoms with Gasteiger partial charge >= 0.3 is 6.36 Å². The van der Waals surface area contributed by atoms with Crippen molar-refractivity contribution in [3.63, 3.8) is 0 Å². The molecular weight excluding hydrogens is 233 g/mol. The Morgan fingerprint density at radius 3 is 2.29 bits per heavy atom. The average Bonchev–Trinajstić information content (AvgIpc) is 2.24. The molecule has 0 amide bonds. The summed E-state index contributed by atoms with van der Waals surface area (Å²) in [4.78, 5) is 1.78. The zero-order chi connectivity index (χ0) is 12.9. The molecule has 0 heterocycles. The van der Waals surface area contributed by atoms with Crippen LogP contribution in [0.4, 0.5) is 24.5 Å². The molecule has 3 nitrogen and oxygen atoms in total. The Hall–Kier alpha value is -1.43. The number of hydrogen-bond donors (Lipinski definition) is 1. The van der Waals surface area contributed by atoms with Crippen molar-refractivity contribution in [1.29, 1.82) is 0 Å². The van der Waals surface area contributed by atoms with E-state index in [9.17, 15) is 13.2 Å². The maximum absolute atomic E-state index is 11.8. The molecule has 0 aliphatic carbocycles. The molecule has 0 saturated heterocycles. The number of nitrogens with zero attached hydrogens (tertiary/aromatic N) is 1. The normalized spacial score (nSPS) is 11.5. The fourth-order valence-electron chi connectivity index (χ4n) is 1.43. The molecule has 1 aromatic rings. The summed E-state index contributed by atoms with van der Waals surface area (Å²) >= 11 is 0. The number of alkyl halides is 3. The lowest BCUT2D eigenvalue weighted by atomic mass is 10.2. The molecule has 2 N–H and O–H groups in total. The van der Waals surface area contributed by atoms with E-state index in [-0.39, 0.29) is 13.2 Å². The summed E-state index contributed by atoms with van der Waals surface area (Å²) in [6.07, 6.45) is -4.57. The molecule has 0 aliphatic heterocycles. The largest absolute Gasteiger partial charge is 0.522 e. The smallest absolute Gasteiger partial charge is 0.399 e. The van der Waals surface area contributed by atoms with E-state index in [1.54, 1.807) is 29.2 Å². The van der Waals surface area contributed by atoms with Crippen molar-refractivity contribution < 1.29 is 17.9 Å². The number of nitrogen functional groups attached to an aromatic ring is 1. The van der Waals surface area contributed by atoms with Gasteiger partial charge in [0.15, 0.2) is 0 Å². The number of halogens is 3. The van der Waals surface area contributed by atoms with E-state index in [1.807, 2.05) is 6.92 Å². The topological polar surface area (TPSA) is 38.5 Å². The summed E-state index contributed by atoms with van der Waals surface area (Å²) in [5.41, 5.74) is 6.98. The number of hydrogen-bond acceptors (Lipinski definition) is 3. The summed E-state index contributed by atoms with van der Waals surface area (Å²) < 4.78 is 39.2. The third-order valence-electron chi connectivity index (χ3n) is 2.27. The first-order chi connectivity index (χ1) is 7.92. The van der Waals surface area contributed by atoms with Gasteiger partial charge in [0.2, 0.25) is 0 Å². The number of nitrogens with two attached hydrogens (primary N) is 1. The molecule has 0 aliphatic rings. The lowest BCUT2D eigenvalue weighted by Crippen LogP contribution is -2.29. The van der Waals surface area contributed by atoms with Gasteiger partial charge in [0.1, 0.15) is 0 Å². The highest BCUT2D eigenvalue weighted by Gasteiger charge is 2.28. The summed E-state index contributed by atoms with van der Waals surface area (Å²) in [6.45, 7) is 2.26. The summed E-state index contributed by atoms with van der Waals surface area (Å²) in [5, 5.41) is 0. The van der Waals surface area contributed by atoms with Crippen LogP contribution in [0.25, 0.3) is 0 Å². The highest BCUT2D eigenvalue weighted by molar-refractivity contribution is 5.52. The predicted octanol–water partition coefficient (Wildman–Crippen LogP) is 2.63. The second-order valence-electron chi connectivity index (χ2n) is 3.47. The van der Waals surface area contributed by atoms with Gasteiger partial charge in [-0.1, -0.05) is 0 Å². The SMILES string of the molecule is CCN(CCOC(F)(F)F)c1ccc(N)cc1. The van der Waals surface area contributed by atoms with Crippen molar-refractivity contribution >= 4 is 11.4 Å². The number of ether oxygens (including phenoxy) is 1. The molecule has 1 aromatic carbocycles. The predicted molar refractivity (Wildman–Crippen MR) is 60.7 cm³/mol. The van der Waals surface area contributed by atoms with E-state index in [0.717, 1.165) is 5.69 Å². The van der Waals surface area contributed by atoms with Crippen LogP contribution in [-0.4, -0.2) is 26.1 Å². The van der Waals surface area contributed by atoms with Crippen molar-refractivity contribution in [2.24, 2.45) is 0 Å². The molecule has 0 bridgehead atoms. The van der Waals surface area contributed by atoms with Crippen molar-refractivity contribution in [3.05, 3.63) is 24.3 Å². The fraction of sp³-hybridized carbons (Fsp3) is 0.455. The van der Waals surface area contributed by atoms with Gasteiger partial charge in [-0.3, -0.25) is 4.74 Å². The summed E-state index contributed by atoms with van der Waals surface area (Å²) in [7, 11) is 0. The number of anilines is 2. The zero-order valence-electron chi connectivity index (χ0n) is 9.50. The van der Waals surface area contributed by atoms with E-state index >= 15 is 0 Å². The van der Waals surface area contributed by atoms with Gasteiger partial charge in [0, 0.05) is 24.5 Å². The van der Waals surface area contributed by atoms with E-state index < -0.39 is 6.36 Å². The quantitative estimate of drug-likeness (QED) is 0.814. The lowest BCUT2D eigenvalue weighted by Gasteiger charge is -2.23. The average molecular weight is 248 g/mol. The third kappa shape index (κ3) is 4.95. The van der Waals surface area contributed by atoms with Crippen molar-refractivity contribution in [1.82, 2.24) is 0 Å². The van der Waals surface area contributed by atoms with Gasteiger partial charge in [-0.15, -0.1) is 13.2 Å². The van der Waals surface area contributed by atoms with Crippen molar-refractivity contribution in [2.45, 2.75) is 13.3 Å². The molecule has 0 atom stereocenters. The maximum atomic E-state index is 11.8. The third-order valence-corrected chi connectivity index (χ3v) is 2.27. The Bertz CT molecular complexity index is 338. The molecule has 0 unspecified atom stereocenters. The summed E-state index contributed by atoms with van der Waals surface area (Å²) in [5.74, 6) is 0. The first-order valence-corrected chi connectivity index (χ1v) is 5.23. The van der Waals surface area contributed by atoms with Gasteiger partial charge < -0.3 is 10.6 Å². The molecule has 1 rings (SSSR count). The number of benzene rings is 1. The van der Waals surface area contributed by atoms with Gasteiger partial charge in [0.25, 0.3) is 0 Å². The van der Waals surface area contributed by atoms with Crippen LogP contribution in [0.2, 0.25) is 0 Å². The second kappa shape index (κ2) is 5.77. The molecule has 0 aromatic heterocycles. The highest BCUT2D eigenvalue weighted by atomic mass is 19.4. The fourth-order valence-corrected chi connectivity index (χ4v) is 1.43. The van der Waals surface area contributed by atoms with Crippen molar-refractivity contribution in [3.8, 4) is 0 Å². The van der Waals surface area contributed by atoms with Gasteiger partial charge in [-0.05, 0) is 31.2 Å². The number of rotatable bonds is 5. The van der Waals surface area contributed by atoms with Crippen LogP contribution >= 0.6 is 0 Å². The molecule has 17 heavy (non-hydrogen) atoms. The van der Waals surface area contributed by atoms with E-state index in [1.165, 1.54) is 0 Å². The lowest BCUT2D eigenvalue weighted by molar-refractivity contribution is -0.323. The molecule has 0 fully saturated rings. The molecular formula is C11H15F3N2O. The summed E-state index contributed by atoms with van der Waals surface area (Å²) in [6, 6.07) is 6.96. The van der Waals surface area contributed by atoms with Gasteiger partial charge in [-0.2, -0.15) is 0 Å². The molecule has 96 valence electrons. The first-order valence-electron chi connectivity index (χ1n) is 5.23. The van der Waals surface area contributed by atoms with Gasteiger partial charge in [-0.25, -0.2) is 0 Å². The van der Waals surface area contributed by atoms with Crippen LogP contribution in [0.5, 0.6) is 0 Å². The standard InChI is InChI=1S/C11H15F3N2O/c1-2-16(7-8-17-11(12,13)14)10-5-3-9(15)4-6-10/h3-6H,2,7-8,15H2,1H3. The molecule has 0 spiro atoms. The Labute approximate surface area is 98.0 Å². The Kier molecular flexibility index (Phi) is 4.62. The van der Waals surface area contributed by atoms with Crippen LogP contribution in [0.15, 0.2) is 24.3 Å². The van der Waals surface area contributed by atoms with E-state index in [4.69, 9.17) is 5.73 Å². The molecule has 0 saturated carbocycles. The van der Waals surface area contributed by atoms with Crippen LogP contribution in [0, 0.1) is 0 Å². The van der Waals surface area contributed by atoms with Crippen LogP contribution < -0.4 is 10.6 Å². The zero-order valence-corrected chi connectivity index (χ0v) is 9.50. The van der Waals surface area contributed by atoms with E-state index in [0.29, 0.717) is 12.2 Å². The Balaban J connectivity index is 2.51. The van der Waals surface area contributed by atoms with Crippen LogP contribution in [0.1, 0.15) is 6.92 Å². The molecule has 0 radical (unpaired) electrons. The van der Waals surface area contributed by atoms with Crippen LogP contribution in [-0.2, 0) is 4.74 Å². The maximum Gasteiger partial charge on any atom is 0.522 e. The highest BCUT2D eigenvalue weighted by Crippen LogP contribution is 2.18. The monoisotopic (exact) mass is 248 g/mol. The Morgan fingerprint density at radius 1 is 1.24 bits per heavy atom. The number of likely N-dealkylation sites (N-methyl/N-ethyl adjacent to an activating group) is 1. The second-order valence-corrected chi connectivity index (χ2v) is 3.47. The minimum absolute atomic E-state index is 0.180.